The molecule has 0 radical (unpaired) electrons. The molecule has 4 unspecified atom stereocenters. The molecule has 2 aliphatic rings. The van der Waals surface area contributed by atoms with Crippen molar-refractivity contribution in [2.45, 2.75) is 104 Å². The molecule has 0 bridgehead atoms. The van der Waals surface area contributed by atoms with Gasteiger partial charge in [-0.3, -0.25) is 14.5 Å². The van der Waals surface area contributed by atoms with Crippen LogP contribution in [0.25, 0.3) is 6.08 Å². The van der Waals surface area contributed by atoms with E-state index in [1.807, 2.05) is 32.2 Å². The quantitative estimate of drug-likeness (QED) is 0.396. The monoisotopic (exact) mass is 536 g/mol. The van der Waals surface area contributed by atoms with Crippen molar-refractivity contribution in [3.63, 3.8) is 0 Å². The fraction of sp³-hybridized carbons (Fsp3) is 0.750. The molecule has 9 heteroatoms. The number of esters is 1. The van der Waals surface area contributed by atoms with Gasteiger partial charge in [0.15, 0.2) is 0 Å². The predicted molar refractivity (Wildman–Crippen MR) is 144 cm³/mol. The average molecular weight is 537 g/mol. The number of fused-ring (bicyclic) bond motifs is 1. The minimum atomic E-state index is -1.24. The topological polar surface area (TPSA) is 120 Å². The molecule has 2 saturated heterocycles. The second-order valence-electron chi connectivity index (χ2n) is 11.5. The van der Waals surface area contributed by atoms with Crippen molar-refractivity contribution in [2.24, 2.45) is 17.3 Å². The van der Waals surface area contributed by atoms with Crippen LogP contribution in [0.2, 0.25) is 0 Å². The zero-order valence-electron chi connectivity index (χ0n) is 23.0. The van der Waals surface area contributed by atoms with Crippen LogP contribution in [0.5, 0.6) is 0 Å². The number of ether oxygens (including phenoxy) is 1. The summed E-state index contributed by atoms with van der Waals surface area (Å²) in [6.45, 7) is 11.4. The van der Waals surface area contributed by atoms with Gasteiger partial charge >= 0.3 is 5.97 Å². The molecule has 2 fully saturated rings. The standard InChI is InChI=1S/C28H44N2O6S/c1-16-8-7-9-21-22(30(21)10-11-31)13-23(17(2)12-20-15-37-19(4)29-20)36-25(33)14-24(32)28(5,6)27(35)18(3)26(16)34/h12,15-16,18,21-24,26,31-32,34H,7-11,13-14H2,1-6H3/b17-12+/t16-,18+,21+,22?,23?,24?,26-,30?/m0/s1. The molecule has 0 aromatic carbocycles. The van der Waals surface area contributed by atoms with E-state index in [0.717, 1.165) is 35.5 Å². The summed E-state index contributed by atoms with van der Waals surface area (Å²) in [6, 6.07) is 0.434. The van der Waals surface area contributed by atoms with Crippen molar-refractivity contribution < 1.29 is 29.6 Å². The average Bonchev–Trinajstić information content (AvgIpc) is 3.29. The van der Waals surface area contributed by atoms with Gasteiger partial charge in [0, 0.05) is 36.3 Å². The van der Waals surface area contributed by atoms with Gasteiger partial charge in [0.1, 0.15) is 11.9 Å². The van der Waals surface area contributed by atoms with Gasteiger partial charge < -0.3 is 20.1 Å². The maximum Gasteiger partial charge on any atom is 0.309 e. The number of thiazole rings is 1. The molecule has 3 heterocycles. The molecule has 0 aliphatic carbocycles. The van der Waals surface area contributed by atoms with Crippen LogP contribution in [-0.4, -0.2) is 80.5 Å². The Labute approximate surface area is 224 Å². The molecular weight excluding hydrogens is 492 g/mol. The van der Waals surface area contributed by atoms with E-state index in [4.69, 9.17) is 4.74 Å². The number of carbonyl (C=O) groups excluding carboxylic acids is 2. The zero-order valence-corrected chi connectivity index (χ0v) is 23.8. The molecular formula is C28H44N2O6S. The number of β-amino-alcohol motifs (C(OH)–C–C–N with tert-alkyl or cyclic N) is 1. The number of carbonyl (C=O) groups is 2. The molecule has 1 aromatic rings. The highest BCUT2D eigenvalue weighted by molar-refractivity contribution is 7.09. The Kier molecular flexibility index (Phi) is 10.1. The SMILES string of the molecule is C/C(=C\c1csc(C)n1)C1CC2[C@@H](CCC[C@H](C)[C@H](O)[C@@H](C)C(=O)C(C)(C)C(O)CC(=O)O1)N2CCO. The summed E-state index contributed by atoms with van der Waals surface area (Å²) in [5.74, 6) is -1.57. The molecule has 8 atom stereocenters. The molecule has 37 heavy (non-hydrogen) atoms. The Morgan fingerprint density at radius 1 is 1.24 bits per heavy atom. The molecule has 0 saturated carbocycles. The third kappa shape index (κ3) is 7.26. The summed E-state index contributed by atoms with van der Waals surface area (Å²) in [5, 5.41) is 34.3. The van der Waals surface area contributed by atoms with Gasteiger partial charge in [0.2, 0.25) is 0 Å². The van der Waals surface area contributed by atoms with Crippen LogP contribution in [0.15, 0.2) is 11.0 Å². The van der Waals surface area contributed by atoms with E-state index in [9.17, 15) is 24.9 Å². The molecule has 2 aliphatic heterocycles. The smallest absolute Gasteiger partial charge is 0.309 e. The number of cyclic esters (lactones) is 1. The maximum absolute atomic E-state index is 13.3. The van der Waals surface area contributed by atoms with Gasteiger partial charge in [-0.25, -0.2) is 4.98 Å². The minimum Gasteiger partial charge on any atom is -0.458 e. The third-order valence-electron chi connectivity index (χ3n) is 8.31. The number of ketones is 1. The summed E-state index contributed by atoms with van der Waals surface area (Å²) >= 11 is 1.55. The van der Waals surface area contributed by atoms with Gasteiger partial charge in [-0.05, 0) is 44.3 Å². The number of rotatable bonds is 4. The normalized spacial score (nSPS) is 36.1. The molecule has 1 aromatic heterocycles. The molecule has 0 spiro atoms. The van der Waals surface area contributed by atoms with Crippen LogP contribution < -0.4 is 0 Å². The van der Waals surface area contributed by atoms with Crippen LogP contribution in [-0.2, 0) is 14.3 Å². The molecule has 3 rings (SSSR count). The highest BCUT2D eigenvalue weighted by Gasteiger charge is 2.48. The van der Waals surface area contributed by atoms with Crippen molar-refractivity contribution in [1.29, 1.82) is 0 Å². The summed E-state index contributed by atoms with van der Waals surface area (Å²) in [6.07, 6.45) is 2.19. The van der Waals surface area contributed by atoms with Crippen LogP contribution in [0.4, 0.5) is 0 Å². The molecule has 0 amide bonds. The van der Waals surface area contributed by atoms with E-state index >= 15 is 0 Å². The number of hydrogen-bond acceptors (Lipinski definition) is 9. The molecule has 8 nitrogen and oxygen atoms in total. The van der Waals surface area contributed by atoms with E-state index in [0.29, 0.717) is 13.0 Å². The lowest BCUT2D eigenvalue weighted by Gasteiger charge is -2.34. The minimum absolute atomic E-state index is 0.0559. The Morgan fingerprint density at radius 2 is 1.95 bits per heavy atom. The van der Waals surface area contributed by atoms with Crippen LogP contribution in [0, 0.1) is 24.2 Å². The second kappa shape index (κ2) is 12.5. The van der Waals surface area contributed by atoms with E-state index in [1.54, 1.807) is 32.1 Å². The van der Waals surface area contributed by atoms with E-state index in [-0.39, 0.29) is 36.8 Å². The van der Waals surface area contributed by atoms with Crippen LogP contribution >= 0.6 is 11.3 Å². The lowest BCUT2D eigenvalue weighted by Crippen LogP contribution is -2.45. The van der Waals surface area contributed by atoms with Crippen LogP contribution in [0.3, 0.4) is 0 Å². The number of aliphatic hydroxyl groups excluding tert-OH is 3. The van der Waals surface area contributed by atoms with E-state index in [2.05, 4.69) is 9.88 Å². The summed E-state index contributed by atoms with van der Waals surface area (Å²) < 4.78 is 5.94. The van der Waals surface area contributed by atoms with E-state index < -0.39 is 35.6 Å². The Balaban J connectivity index is 1.88. The fourth-order valence-corrected chi connectivity index (χ4v) is 6.22. The van der Waals surface area contributed by atoms with E-state index in [1.165, 1.54) is 0 Å². The maximum atomic E-state index is 13.3. The number of aliphatic hydroxyl groups is 3. The Hall–Kier alpha value is -1.65. The summed E-state index contributed by atoms with van der Waals surface area (Å²) in [7, 11) is 0. The zero-order chi connectivity index (χ0) is 27.5. The van der Waals surface area contributed by atoms with Crippen molar-refractivity contribution in [3.05, 3.63) is 21.7 Å². The van der Waals surface area contributed by atoms with Crippen molar-refractivity contribution in [2.75, 3.05) is 13.2 Å². The largest absolute Gasteiger partial charge is 0.458 e. The first kappa shape index (κ1) is 29.9. The Bertz CT molecular complexity index is 976. The van der Waals surface area contributed by atoms with Gasteiger partial charge in [-0.2, -0.15) is 0 Å². The lowest BCUT2D eigenvalue weighted by molar-refractivity contribution is -0.154. The van der Waals surface area contributed by atoms with Crippen molar-refractivity contribution in [3.8, 4) is 0 Å². The number of Topliss-reactive ketones (excluding diaryl/α,β-unsaturated/α-hetero) is 1. The van der Waals surface area contributed by atoms with Crippen molar-refractivity contribution >= 4 is 29.2 Å². The first-order valence-electron chi connectivity index (χ1n) is 13.4. The Morgan fingerprint density at radius 3 is 2.57 bits per heavy atom. The number of hydrogen-bond donors (Lipinski definition) is 3. The number of nitrogens with zero attached hydrogens (tertiary/aromatic N) is 2. The van der Waals surface area contributed by atoms with Gasteiger partial charge in [-0.1, -0.05) is 34.1 Å². The number of aromatic nitrogens is 1. The van der Waals surface area contributed by atoms with Crippen molar-refractivity contribution in [1.82, 2.24) is 9.88 Å². The predicted octanol–water partition coefficient (Wildman–Crippen LogP) is 3.37. The van der Waals surface area contributed by atoms with Gasteiger partial charge in [0.05, 0.1) is 41.4 Å². The second-order valence-corrected chi connectivity index (χ2v) is 12.5. The molecule has 208 valence electrons. The third-order valence-corrected chi connectivity index (χ3v) is 9.10. The fourth-order valence-electron chi connectivity index (χ4n) is 5.65. The molecule has 3 N–H and O–H groups in total. The lowest BCUT2D eigenvalue weighted by atomic mass is 9.73. The van der Waals surface area contributed by atoms with Gasteiger partial charge in [0.25, 0.3) is 0 Å². The number of aryl methyl sites for hydroxylation is 1. The summed E-state index contributed by atoms with van der Waals surface area (Å²) in [4.78, 5) is 33.1. The van der Waals surface area contributed by atoms with Crippen LogP contribution in [0.1, 0.15) is 77.4 Å². The summed E-state index contributed by atoms with van der Waals surface area (Å²) in [5.41, 5.74) is 0.467. The van der Waals surface area contributed by atoms with Gasteiger partial charge in [-0.15, -0.1) is 11.3 Å². The first-order chi connectivity index (χ1) is 17.4. The highest BCUT2D eigenvalue weighted by atomic mass is 32.1. The first-order valence-corrected chi connectivity index (χ1v) is 14.3. The highest BCUT2D eigenvalue weighted by Crippen LogP contribution is 2.39.